The third kappa shape index (κ3) is 3.76. The van der Waals surface area contributed by atoms with Crippen LogP contribution in [0.1, 0.15) is 47.0 Å². The van der Waals surface area contributed by atoms with E-state index in [1.807, 2.05) is 0 Å². The monoisotopic (exact) mass is 212 g/mol. The van der Waals surface area contributed by atoms with Gasteiger partial charge in [-0.25, -0.2) is 0 Å². The van der Waals surface area contributed by atoms with Gasteiger partial charge >= 0.3 is 0 Å². The highest BCUT2D eigenvalue weighted by Crippen LogP contribution is 2.25. The van der Waals surface area contributed by atoms with Gasteiger partial charge in [0.2, 0.25) is 0 Å². The van der Waals surface area contributed by atoms with Gasteiger partial charge in [-0.3, -0.25) is 4.90 Å². The zero-order valence-electron chi connectivity index (χ0n) is 10.9. The van der Waals surface area contributed by atoms with E-state index in [-0.39, 0.29) is 0 Å². The molecule has 1 fully saturated rings. The average molecular weight is 212 g/mol. The summed E-state index contributed by atoms with van der Waals surface area (Å²) in [5.41, 5.74) is 5.91. The van der Waals surface area contributed by atoms with Gasteiger partial charge in [-0.05, 0) is 44.6 Å². The van der Waals surface area contributed by atoms with Gasteiger partial charge in [-0.2, -0.15) is 0 Å². The quantitative estimate of drug-likeness (QED) is 0.776. The first-order valence-corrected chi connectivity index (χ1v) is 6.50. The molecule has 0 aromatic heterocycles. The number of hydrogen-bond acceptors (Lipinski definition) is 2. The first-order chi connectivity index (χ1) is 7.04. The molecule has 0 aromatic rings. The van der Waals surface area contributed by atoms with Gasteiger partial charge in [-0.15, -0.1) is 0 Å². The predicted molar refractivity (Wildman–Crippen MR) is 66.9 cm³/mol. The van der Waals surface area contributed by atoms with E-state index in [1.54, 1.807) is 0 Å². The summed E-state index contributed by atoms with van der Waals surface area (Å²) in [6, 6.07) is 1.33. The molecular formula is C13H28N2. The number of rotatable bonds is 4. The summed E-state index contributed by atoms with van der Waals surface area (Å²) in [6.45, 7) is 11.4. The largest absolute Gasteiger partial charge is 0.329 e. The molecule has 1 rings (SSSR count). The summed E-state index contributed by atoms with van der Waals surface area (Å²) in [5, 5.41) is 0. The lowest BCUT2D eigenvalue weighted by Gasteiger charge is -2.42. The summed E-state index contributed by atoms with van der Waals surface area (Å²) in [4.78, 5) is 2.64. The van der Waals surface area contributed by atoms with Crippen molar-refractivity contribution in [2.45, 2.75) is 59.0 Å². The van der Waals surface area contributed by atoms with Crippen molar-refractivity contribution in [3.8, 4) is 0 Å². The zero-order valence-corrected chi connectivity index (χ0v) is 10.9. The molecule has 0 bridgehead atoms. The second-order valence-electron chi connectivity index (χ2n) is 5.74. The highest BCUT2D eigenvalue weighted by molar-refractivity contribution is 4.83. The standard InChI is InChI=1S/C13H28N2/c1-10(2)7-13(9-14)15-6-5-11(3)8-12(15)4/h10-13H,5-9,14H2,1-4H3. The SMILES string of the molecule is CC(C)CC(CN)N1CCC(C)CC1C. The first-order valence-electron chi connectivity index (χ1n) is 6.50. The van der Waals surface area contributed by atoms with Crippen LogP contribution in [0.15, 0.2) is 0 Å². The molecule has 0 aliphatic carbocycles. The lowest BCUT2D eigenvalue weighted by Crippen LogP contribution is -2.50. The van der Waals surface area contributed by atoms with Crippen LogP contribution in [0.5, 0.6) is 0 Å². The van der Waals surface area contributed by atoms with E-state index in [4.69, 9.17) is 5.73 Å². The Morgan fingerprint density at radius 1 is 1.33 bits per heavy atom. The summed E-state index contributed by atoms with van der Waals surface area (Å²) in [7, 11) is 0. The highest BCUT2D eigenvalue weighted by Gasteiger charge is 2.28. The Balaban J connectivity index is 2.52. The Labute approximate surface area is 95.2 Å². The van der Waals surface area contributed by atoms with Crippen molar-refractivity contribution >= 4 is 0 Å². The third-order valence-electron chi connectivity index (χ3n) is 3.67. The fourth-order valence-corrected chi connectivity index (χ4v) is 2.88. The molecule has 0 amide bonds. The Hall–Kier alpha value is -0.0800. The highest BCUT2D eigenvalue weighted by atomic mass is 15.2. The molecule has 0 radical (unpaired) electrons. The number of piperidine rings is 1. The van der Waals surface area contributed by atoms with Gasteiger partial charge in [0.1, 0.15) is 0 Å². The van der Waals surface area contributed by atoms with Crippen molar-refractivity contribution in [1.82, 2.24) is 4.90 Å². The molecule has 0 aromatic carbocycles. The van der Waals surface area contributed by atoms with Crippen LogP contribution in [0.4, 0.5) is 0 Å². The van der Waals surface area contributed by atoms with E-state index in [2.05, 4.69) is 32.6 Å². The lowest BCUT2D eigenvalue weighted by molar-refractivity contribution is 0.0747. The van der Waals surface area contributed by atoms with Gasteiger partial charge in [0.15, 0.2) is 0 Å². The fraction of sp³-hybridized carbons (Fsp3) is 1.00. The number of nitrogens with zero attached hydrogens (tertiary/aromatic N) is 1. The molecular weight excluding hydrogens is 184 g/mol. The van der Waals surface area contributed by atoms with Crippen LogP contribution in [0.25, 0.3) is 0 Å². The minimum absolute atomic E-state index is 0.604. The molecule has 1 aliphatic heterocycles. The molecule has 1 heterocycles. The number of hydrogen-bond donors (Lipinski definition) is 1. The lowest BCUT2D eigenvalue weighted by atomic mass is 9.90. The third-order valence-corrected chi connectivity index (χ3v) is 3.67. The zero-order chi connectivity index (χ0) is 11.4. The van der Waals surface area contributed by atoms with Gasteiger partial charge in [0.25, 0.3) is 0 Å². The van der Waals surface area contributed by atoms with E-state index in [0.717, 1.165) is 24.4 Å². The van der Waals surface area contributed by atoms with Crippen molar-refractivity contribution in [2.24, 2.45) is 17.6 Å². The Morgan fingerprint density at radius 3 is 2.47 bits per heavy atom. The van der Waals surface area contributed by atoms with Crippen LogP contribution in [0.2, 0.25) is 0 Å². The van der Waals surface area contributed by atoms with Gasteiger partial charge < -0.3 is 5.73 Å². The summed E-state index contributed by atoms with van der Waals surface area (Å²) < 4.78 is 0. The van der Waals surface area contributed by atoms with Gasteiger partial charge in [0.05, 0.1) is 0 Å². The van der Waals surface area contributed by atoms with E-state index in [0.29, 0.717) is 6.04 Å². The molecule has 0 saturated carbocycles. The van der Waals surface area contributed by atoms with Crippen molar-refractivity contribution in [1.29, 1.82) is 0 Å². The van der Waals surface area contributed by atoms with E-state index >= 15 is 0 Å². The maximum atomic E-state index is 5.91. The summed E-state index contributed by atoms with van der Waals surface area (Å²) in [6.07, 6.45) is 3.93. The molecule has 1 aliphatic rings. The Kier molecular flexibility index (Phi) is 5.07. The molecule has 90 valence electrons. The normalized spacial score (nSPS) is 30.8. The number of likely N-dealkylation sites (tertiary alicyclic amines) is 1. The summed E-state index contributed by atoms with van der Waals surface area (Å²) >= 11 is 0. The van der Waals surface area contributed by atoms with Crippen molar-refractivity contribution in [2.75, 3.05) is 13.1 Å². The smallest absolute Gasteiger partial charge is 0.0223 e. The molecule has 2 nitrogen and oxygen atoms in total. The molecule has 2 heteroatoms. The van der Waals surface area contributed by atoms with Gasteiger partial charge in [-0.1, -0.05) is 20.8 Å². The van der Waals surface area contributed by atoms with Crippen molar-refractivity contribution in [3.05, 3.63) is 0 Å². The minimum atomic E-state index is 0.604. The topological polar surface area (TPSA) is 29.3 Å². The second kappa shape index (κ2) is 5.86. The first kappa shape index (κ1) is 13.0. The van der Waals surface area contributed by atoms with Crippen LogP contribution in [-0.4, -0.2) is 30.1 Å². The fourth-order valence-electron chi connectivity index (χ4n) is 2.88. The maximum Gasteiger partial charge on any atom is 0.0223 e. The second-order valence-corrected chi connectivity index (χ2v) is 5.74. The van der Waals surface area contributed by atoms with Crippen molar-refractivity contribution in [3.63, 3.8) is 0 Å². The van der Waals surface area contributed by atoms with E-state index in [1.165, 1.54) is 25.8 Å². The van der Waals surface area contributed by atoms with Crippen LogP contribution >= 0.6 is 0 Å². The molecule has 3 atom stereocenters. The van der Waals surface area contributed by atoms with Crippen LogP contribution in [0.3, 0.4) is 0 Å². The molecule has 15 heavy (non-hydrogen) atoms. The van der Waals surface area contributed by atoms with E-state index < -0.39 is 0 Å². The minimum Gasteiger partial charge on any atom is -0.329 e. The van der Waals surface area contributed by atoms with Crippen LogP contribution in [0, 0.1) is 11.8 Å². The molecule has 3 unspecified atom stereocenters. The predicted octanol–water partition coefficient (Wildman–Crippen LogP) is 2.48. The summed E-state index contributed by atoms with van der Waals surface area (Å²) in [5.74, 6) is 1.65. The van der Waals surface area contributed by atoms with E-state index in [9.17, 15) is 0 Å². The van der Waals surface area contributed by atoms with Gasteiger partial charge in [0, 0.05) is 18.6 Å². The average Bonchev–Trinajstić information content (AvgIpc) is 2.14. The van der Waals surface area contributed by atoms with Crippen molar-refractivity contribution < 1.29 is 0 Å². The number of nitrogens with two attached hydrogens (primary N) is 1. The molecule has 0 spiro atoms. The Bertz CT molecular complexity index is 179. The maximum absolute atomic E-state index is 5.91. The molecule has 2 N–H and O–H groups in total. The Morgan fingerprint density at radius 2 is 2.00 bits per heavy atom. The van der Waals surface area contributed by atoms with Crippen LogP contribution < -0.4 is 5.73 Å². The van der Waals surface area contributed by atoms with Crippen LogP contribution in [-0.2, 0) is 0 Å². The molecule has 1 saturated heterocycles.